The van der Waals surface area contributed by atoms with Gasteiger partial charge in [0.25, 0.3) is 5.91 Å². The zero-order valence-corrected chi connectivity index (χ0v) is 14.5. The summed E-state index contributed by atoms with van der Waals surface area (Å²) >= 11 is 0. The molecule has 0 atom stereocenters. The van der Waals surface area contributed by atoms with Gasteiger partial charge in [-0.25, -0.2) is 4.68 Å². The van der Waals surface area contributed by atoms with Gasteiger partial charge < -0.3 is 15.4 Å². The van der Waals surface area contributed by atoms with E-state index < -0.39 is 0 Å². The Kier molecular flexibility index (Phi) is 6.10. The van der Waals surface area contributed by atoms with E-state index in [0.29, 0.717) is 36.3 Å². The number of hydrogen-bond acceptors (Lipinski definition) is 6. The largest absolute Gasteiger partial charge is 0.477 e. The minimum Gasteiger partial charge on any atom is -0.477 e. The Hall–Kier alpha value is -2.19. The van der Waals surface area contributed by atoms with Crippen molar-refractivity contribution in [2.24, 2.45) is 5.92 Å². The van der Waals surface area contributed by atoms with Crippen molar-refractivity contribution in [1.29, 1.82) is 0 Å². The first-order valence-electron chi connectivity index (χ1n) is 7.69. The van der Waals surface area contributed by atoms with Crippen LogP contribution in [0.3, 0.4) is 0 Å². The first-order valence-corrected chi connectivity index (χ1v) is 7.69. The lowest BCUT2D eigenvalue weighted by atomic mass is 10.0. The van der Waals surface area contributed by atoms with Crippen LogP contribution in [0.4, 0.5) is 0 Å². The number of rotatable bonds is 6. The van der Waals surface area contributed by atoms with Crippen molar-refractivity contribution in [3.05, 3.63) is 29.6 Å². The lowest BCUT2D eigenvalue weighted by Crippen LogP contribution is -2.48. The second-order valence-electron chi connectivity index (χ2n) is 5.45. The maximum atomic E-state index is 12.3. The molecule has 1 fully saturated rings. The molecule has 130 valence electrons. The maximum Gasteiger partial charge on any atom is 0.254 e. The number of hydrogen-bond donors (Lipinski definition) is 2. The fourth-order valence-corrected chi connectivity index (χ4v) is 2.34. The maximum absolute atomic E-state index is 12.3. The molecular weight excluding hydrogens is 332 g/mol. The number of ether oxygens (including phenoxy) is 1. The minimum absolute atomic E-state index is 0. The minimum atomic E-state index is -0.112. The number of nitrogens with one attached hydrogen (secondary N) is 2. The van der Waals surface area contributed by atoms with Gasteiger partial charge in [-0.15, -0.1) is 22.6 Å². The molecule has 3 heterocycles. The summed E-state index contributed by atoms with van der Waals surface area (Å²) in [4.78, 5) is 12.3. The van der Waals surface area contributed by atoms with Crippen molar-refractivity contribution in [2.75, 3.05) is 26.2 Å². The van der Waals surface area contributed by atoms with E-state index in [1.165, 1.54) is 0 Å². The Balaban J connectivity index is 0.00000208. The summed E-state index contributed by atoms with van der Waals surface area (Å²) in [5.74, 6) is 1.42. The van der Waals surface area contributed by atoms with Gasteiger partial charge in [-0.1, -0.05) is 0 Å². The summed E-state index contributed by atoms with van der Waals surface area (Å²) in [6.07, 6.45) is 1.56. The SMILES string of the molecule is CCOc1ccc(-n2ncc(C(=O)NCC3CNC3)c2C)nn1.Cl. The van der Waals surface area contributed by atoms with Gasteiger partial charge in [0, 0.05) is 31.6 Å². The van der Waals surface area contributed by atoms with Gasteiger partial charge >= 0.3 is 0 Å². The smallest absolute Gasteiger partial charge is 0.254 e. The third-order valence-electron chi connectivity index (χ3n) is 3.81. The molecule has 3 rings (SSSR count). The average Bonchev–Trinajstić information content (AvgIpc) is 2.88. The number of carbonyl (C=O) groups is 1. The quantitative estimate of drug-likeness (QED) is 0.796. The van der Waals surface area contributed by atoms with Crippen LogP contribution in [-0.2, 0) is 0 Å². The zero-order valence-electron chi connectivity index (χ0n) is 13.7. The fourth-order valence-electron chi connectivity index (χ4n) is 2.34. The first-order chi connectivity index (χ1) is 11.2. The summed E-state index contributed by atoms with van der Waals surface area (Å²) in [6.45, 7) is 6.86. The molecule has 1 saturated heterocycles. The van der Waals surface area contributed by atoms with E-state index in [1.807, 2.05) is 13.8 Å². The van der Waals surface area contributed by atoms with Crippen molar-refractivity contribution >= 4 is 18.3 Å². The number of aromatic nitrogens is 4. The van der Waals surface area contributed by atoms with Crippen LogP contribution in [0, 0.1) is 12.8 Å². The molecule has 2 aromatic heterocycles. The molecule has 1 amide bonds. The van der Waals surface area contributed by atoms with Crippen LogP contribution in [0.15, 0.2) is 18.3 Å². The van der Waals surface area contributed by atoms with E-state index in [-0.39, 0.29) is 18.3 Å². The van der Waals surface area contributed by atoms with E-state index in [2.05, 4.69) is 25.9 Å². The molecule has 0 radical (unpaired) electrons. The molecule has 1 aliphatic heterocycles. The zero-order chi connectivity index (χ0) is 16.2. The molecule has 0 saturated carbocycles. The van der Waals surface area contributed by atoms with Gasteiger partial charge in [0.15, 0.2) is 5.82 Å². The van der Waals surface area contributed by atoms with Gasteiger partial charge in [0.1, 0.15) is 0 Å². The van der Waals surface area contributed by atoms with Crippen LogP contribution in [0.2, 0.25) is 0 Å². The molecule has 0 bridgehead atoms. The van der Waals surface area contributed by atoms with E-state index in [1.54, 1.807) is 23.0 Å². The molecular formula is C15H21ClN6O2. The molecule has 2 aromatic rings. The van der Waals surface area contributed by atoms with E-state index in [9.17, 15) is 4.79 Å². The number of carbonyl (C=O) groups excluding carboxylic acids is 1. The molecule has 2 N–H and O–H groups in total. The van der Waals surface area contributed by atoms with E-state index >= 15 is 0 Å². The Morgan fingerprint density at radius 3 is 2.79 bits per heavy atom. The first kappa shape index (κ1) is 18.2. The normalized spacial score (nSPS) is 13.8. The number of halogens is 1. The number of amides is 1. The average molecular weight is 353 g/mol. The topological polar surface area (TPSA) is 94.0 Å². The van der Waals surface area contributed by atoms with Gasteiger partial charge in [0.2, 0.25) is 5.88 Å². The van der Waals surface area contributed by atoms with Crippen LogP contribution in [-0.4, -0.2) is 52.1 Å². The highest BCUT2D eigenvalue weighted by Gasteiger charge is 2.20. The fraction of sp³-hybridized carbons (Fsp3) is 0.467. The van der Waals surface area contributed by atoms with Crippen molar-refractivity contribution in [3.63, 3.8) is 0 Å². The third kappa shape index (κ3) is 3.82. The van der Waals surface area contributed by atoms with Crippen molar-refractivity contribution in [3.8, 4) is 11.7 Å². The predicted molar refractivity (Wildman–Crippen MR) is 91.0 cm³/mol. The van der Waals surface area contributed by atoms with Crippen LogP contribution >= 0.6 is 12.4 Å². The third-order valence-corrected chi connectivity index (χ3v) is 3.81. The monoisotopic (exact) mass is 352 g/mol. The number of nitrogens with zero attached hydrogens (tertiary/aromatic N) is 4. The van der Waals surface area contributed by atoms with Crippen LogP contribution in [0.25, 0.3) is 5.82 Å². The summed E-state index contributed by atoms with van der Waals surface area (Å²) in [7, 11) is 0. The van der Waals surface area contributed by atoms with Gasteiger partial charge in [-0.05, 0) is 19.9 Å². The van der Waals surface area contributed by atoms with Gasteiger partial charge in [0.05, 0.1) is 24.1 Å². The molecule has 9 heteroatoms. The molecule has 24 heavy (non-hydrogen) atoms. The molecule has 8 nitrogen and oxygen atoms in total. The lowest BCUT2D eigenvalue weighted by molar-refractivity contribution is 0.0941. The summed E-state index contributed by atoms with van der Waals surface area (Å²) in [5.41, 5.74) is 1.28. The Bertz CT molecular complexity index is 684. The molecule has 1 aliphatic rings. The van der Waals surface area contributed by atoms with E-state index in [0.717, 1.165) is 18.8 Å². The summed E-state index contributed by atoms with van der Waals surface area (Å²) < 4.78 is 6.87. The molecule has 0 aliphatic carbocycles. The van der Waals surface area contributed by atoms with Crippen molar-refractivity contribution in [1.82, 2.24) is 30.6 Å². The van der Waals surface area contributed by atoms with Crippen molar-refractivity contribution in [2.45, 2.75) is 13.8 Å². The summed E-state index contributed by atoms with van der Waals surface area (Å²) in [6, 6.07) is 3.50. The second kappa shape index (κ2) is 8.07. The van der Waals surface area contributed by atoms with Crippen molar-refractivity contribution < 1.29 is 9.53 Å². The Labute approximate surface area is 146 Å². The predicted octanol–water partition coefficient (Wildman–Crippen LogP) is 0.740. The highest BCUT2D eigenvalue weighted by Crippen LogP contribution is 2.14. The summed E-state index contributed by atoms with van der Waals surface area (Å²) in [5, 5.41) is 18.4. The molecule has 0 unspecified atom stereocenters. The highest BCUT2D eigenvalue weighted by atomic mass is 35.5. The lowest BCUT2D eigenvalue weighted by Gasteiger charge is -2.27. The standard InChI is InChI=1S/C15H20N6O2.ClH/c1-3-23-14-5-4-13(19-20-14)21-10(2)12(9-18-21)15(22)17-8-11-6-16-7-11;/h4-5,9,11,16H,3,6-8H2,1-2H3,(H,17,22);1H. The van der Waals surface area contributed by atoms with E-state index in [4.69, 9.17) is 4.74 Å². The van der Waals surface area contributed by atoms with Crippen LogP contribution in [0.5, 0.6) is 5.88 Å². The van der Waals surface area contributed by atoms with Gasteiger partial charge in [-0.2, -0.15) is 5.10 Å². The van der Waals surface area contributed by atoms with Crippen LogP contribution in [0.1, 0.15) is 23.0 Å². The molecule has 0 aromatic carbocycles. The van der Waals surface area contributed by atoms with Crippen LogP contribution < -0.4 is 15.4 Å². The van der Waals surface area contributed by atoms with Gasteiger partial charge in [-0.3, -0.25) is 4.79 Å². The Morgan fingerprint density at radius 2 is 2.21 bits per heavy atom. The second-order valence-corrected chi connectivity index (χ2v) is 5.45. The highest BCUT2D eigenvalue weighted by molar-refractivity contribution is 5.95. The molecule has 0 spiro atoms. The Morgan fingerprint density at radius 1 is 1.42 bits per heavy atom.